The minimum Gasteiger partial charge on any atom is -0.347 e. The molecule has 3 aromatic rings. The highest BCUT2D eigenvalue weighted by atomic mass is 35.5. The molecule has 0 atom stereocenters. The Bertz CT molecular complexity index is 927. The Hall–Kier alpha value is -2.70. The number of carbonyl (C=O) groups is 2. The topological polar surface area (TPSA) is 58.2 Å². The number of hydrogen-bond acceptors (Lipinski definition) is 3. The number of thiophene rings is 1. The second-order valence-electron chi connectivity index (χ2n) is 5.44. The second-order valence-corrected chi connectivity index (χ2v) is 6.79. The third-order valence-electron chi connectivity index (χ3n) is 3.59. The van der Waals surface area contributed by atoms with E-state index < -0.39 is 5.82 Å². The zero-order chi connectivity index (χ0) is 18.5. The molecule has 0 aliphatic carbocycles. The SMILES string of the molecule is O=C(Nc1ccc(Cl)c(F)c1)c1ccc(CNC(=O)c2cccs2)cc1. The average Bonchev–Trinajstić information content (AvgIpc) is 3.18. The zero-order valence-corrected chi connectivity index (χ0v) is 15.0. The number of carbonyl (C=O) groups excluding carboxylic acids is 2. The van der Waals surface area contributed by atoms with Crippen molar-refractivity contribution in [1.29, 1.82) is 0 Å². The molecule has 0 aliphatic rings. The Labute approximate surface area is 158 Å². The van der Waals surface area contributed by atoms with E-state index in [0.29, 0.717) is 22.7 Å². The summed E-state index contributed by atoms with van der Waals surface area (Å²) in [5.74, 6) is -1.09. The Morgan fingerprint density at radius 2 is 1.81 bits per heavy atom. The summed E-state index contributed by atoms with van der Waals surface area (Å²) in [7, 11) is 0. The number of benzene rings is 2. The number of hydrogen-bond donors (Lipinski definition) is 2. The molecule has 0 radical (unpaired) electrons. The van der Waals surface area contributed by atoms with Gasteiger partial charge < -0.3 is 10.6 Å². The van der Waals surface area contributed by atoms with Gasteiger partial charge in [0.15, 0.2) is 0 Å². The number of nitrogens with one attached hydrogen (secondary N) is 2. The molecular formula is C19H14ClFN2O2S. The summed E-state index contributed by atoms with van der Waals surface area (Å²) in [5.41, 5.74) is 1.61. The predicted octanol–water partition coefficient (Wildman–Crippen LogP) is 4.72. The molecule has 2 amide bonds. The van der Waals surface area contributed by atoms with Gasteiger partial charge in [0.05, 0.1) is 9.90 Å². The quantitative estimate of drug-likeness (QED) is 0.664. The minimum absolute atomic E-state index is 0.00283. The van der Waals surface area contributed by atoms with Crippen molar-refractivity contribution in [3.8, 4) is 0 Å². The fourth-order valence-electron chi connectivity index (χ4n) is 2.23. The van der Waals surface area contributed by atoms with Crippen LogP contribution in [0.1, 0.15) is 25.6 Å². The molecule has 7 heteroatoms. The van der Waals surface area contributed by atoms with Crippen LogP contribution in [-0.4, -0.2) is 11.8 Å². The van der Waals surface area contributed by atoms with Gasteiger partial charge in [-0.1, -0.05) is 29.8 Å². The number of amides is 2. The average molecular weight is 389 g/mol. The molecule has 3 rings (SSSR count). The van der Waals surface area contributed by atoms with Crippen LogP contribution in [0.25, 0.3) is 0 Å². The fourth-order valence-corrected chi connectivity index (χ4v) is 2.99. The van der Waals surface area contributed by atoms with E-state index in [4.69, 9.17) is 11.6 Å². The summed E-state index contributed by atoms with van der Waals surface area (Å²) < 4.78 is 13.4. The highest BCUT2D eigenvalue weighted by Gasteiger charge is 2.09. The lowest BCUT2D eigenvalue weighted by Crippen LogP contribution is -2.21. The van der Waals surface area contributed by atoms with Gasteiger partial charge in [0.25, 0.3) is 11.8 Å². The molecule has 0 spiro atoms. The van der Waals surface area contributed by atoms with Gasteiger partial charge in [0.1, 0.15) is 5.82 Å². The molecule has 0 unspecified atom stereocenters. The van der Waals surface area contributed by atoms with Crippen molar-refractivity contribution in [2.45, 2.75) is 6.54 Å². The Morgan fingerprint density at radius 3 is 2.46 bits per heavy atom. The molecule has 1 heterocycles. The summed E-state index contributed by atoms with van der Waals surface area (Å²) in [6.07, 6.45) is 0. The molecule has 0 saturated carbocycles. The minimum atomic E-state index is -0.596. The summed E-state index contributed by atoms with van der Waals surface area (Å²) in [6.45, 7) is 0.362. The third-order valence-corrected chi connectivity index (χ3v) is 4.77. The first-order valence-corrected chi connectivity index (χ1v) is 8.96. The molecule has 2 aromatic carbocycles. The summed E-state index contributed by atoms with van der Waals surface area (Å²) >= 11 is 6.99. The first kappa shape index (κ1) is 18.1. The smallest absolute Gasteiger partial charge is 0.261 e. The summed E-state index contributed by atoms with van der Waals surface area (Å²) in [5, 5.41) is 7.27. The van der Waals surface area contributed by atoms with Gasteiger partial charge in [-0.25, -0.2) is 4.39 Å². The van der Waals surface area contributed by atoms with Crippen LogP contribution in [0.4, 0.5) is 10.1 Å². The van der Waals surface area contributed by atoms with Crippen molar-refractivity contribution in [2.24, 2.45) is 0 Å². The van der Waals surface area contributed by atoms with E-state index in [1.807, 2.05) is 11.4 Å². The van der Waals surface area contributed by atoms with Crippen LogP contribution < -0.4 is 10.6 Å². The van der Waals surface area contributed by atoms with Gasteiger partial charge in [0.2, 0.25) is 0 Å². The van der Waals surface area contributed by atoms with Gasteiger partial charge in [-0.15, -0.1) is 11.3 Å². The van der Waals surface area contributed by atoms with Crippen molar-refractivity contribution >= 4 is 40.4 Å². The van der Waals surface area contributed by atoms with Crippen molar-refractivity contribution in [2.75, 3.05) is 5.32 Å². The van der Waals surface area contributed by atoms with E-state index in [0.717, 1.165) is 11.6 Å². The van der Waals surface area contributed by atoms with Crippen LogP contribution in [0.5, 0.6) is 0 Å². The van der Waals surface area contributed by atoms with Gasteiger partial charge in [-0.3, -0.25) is 9.59 Å². The third kappa shape index (κ3) is 4.47. The van der Waals surface area contributed by atoms with Crippen LogP contribution in [-0.2, 0) is 6.54 Å². The van der Waals surface area contributed by atoms with Crippen molar-refractivity contribution in [3.63, 3.8) is 0 Å². The molecule has 26 heavy (non-hydrogen) atoms. The van der Waals surface area contributed by atoms with Gasteiger partial charge in [-0.2, -0.15) is 0 Å². The lowest BCUT2D eigenvalue weighted by molar-refractivity contribution is 0.0953. The molecular weight excluding hydrogens is 375 g/mol. The maximum absolute atomic E-state index is 13.4. The standard InChI is InChI=1S/C19H14ClFN2O2S/c20-15-8-7-14(10-16(15)21)23-18(24)13-5-3-12(4-6-13)11-22-19(25)17-2-1-9-26-17/h1-10H,11H2,(H,22,25)(H,23,24). The van der Waals surface area contributed by atoms with Gasteiger partial charge >= 0.3 is 0 Å². The van der Waals surface area contributed by atoms with E-state index >= 15 is 0 Å². The van der Waals surface area contributed by atoms with E-state index in [1.165, 1.54) is 23.5 Å². The molecule has 132 valence electrons. The Kier molecular flexibility index (Phi) is 5.65. The van der Waals surface area contributed by atoms with Crippen molar-refractivity contribution in [1.82, 2.24) is 5.32 Å². The molecule has 0 bridgehead atoms. The van der Waals surface area contributed by atoms with Crippen LogP contribution >= 0.6 is 22.9 Å². The first-order valence-electron chi connectivity index (χ1n) is 7.70. The monoisotopic (exact) mass is 388 g/mol. The van der Waals surface area contributed by atoms with Crippen LogP contribution in [0, 0.1) is 5.82 Å². The van der Waals surface area contributed by atoms with Crippen LogP contribution in [0.15, 0.2) is 60.0 Å². The van der Waals surface area contributed by atoms with Crippen molar-refractivity contribution in [3.05, 3.63) is 86.8 Å². The number of anilines is 1. The molecule has 0 fully saturated rings. The zero-order valence-electron chi connectivity index (χ0n) is 13.5. The van der Waals surface area contributed by atoms with Crippen LogP contribution in [0.3, 0.4) is 0 Å². The number of rotatable bonds is 5. The second kappa shape index (κ2) is 8.12. The first-order chi connectivity index (χ1) is 12.5. The van der Waals surface area contributed by atoms with Crippen LogP contribution in [0.2, 0.25) is 5.02 Å². The van der Waals surface area contributed by atoms with Gasteiger partial charge in [-0.05, 0) is 47.3 Å². The molecule has 1 aromatic heterocycles. The molecule has 0 aliphatic heterocycles. The lowest BCUT2D eigenvalue weighted by Gasteiger charge is -2.08. The largest absolute Gasteiger partial charge is 0.347 e. The fraction of sp³-hybridized carbons (Fsp3) is 0.0526. The highest BCUT2D eigenvalue weighted by Crippen LogP contribution is 2.19. The summed E-state index contributed by atoms with van der Waals surface area (Å²) in [6, 6.07) is 14.4. The molecule has 0 saturated heterocycles. The van der Waals surface area contributed by atoms with E-state index in [9.17, 15) is 14.0 Å². The summed E-state index contributed by atoms with van der Waals surface area (Å²) in [4.78, 5) is 24.8. The van der Waals surface area contributed by atoms with E-state index in [-0.39, 0.29) is 16.8 Å². The van der Waals surface area contributed by atoms with E-state index in [2.05, 4.69) is 10.6 Å². The predicted molar refractivity (Wildman–Crippen MR) is 101 cm³/mol. The lowest BCUT2D eigenvalue weighted by atomic mass is 10.1. The maximum Gasteiger partial charge on any atom is 0.261 e. The Balaban J connectivity index is 1.58. The van der Waals surface area contributed by atoms with Crippen molar-refractivity contribution < 1.29 is 14.0 Å². The van der Waals surface area contributed by atoms with Gasteiger partial charge in [0, 0.05) is 17.8 Å². The normalized spacial score (nSPS) is 10.4. The molecule has 2 N–H and O–H groups in total. The number of halogens is 2. The molecule has 4 nitrogen and oxygen atoms in total. The maximum atomic E-state index is 13.4. The Morgan fingerprint density at radius 1 is 1.04 bits per heavy atom. The van der Waals surface area contributed by atoms with E-state index in [1.54, 1.807) is 30.3 Å². The highest BCUT2D eigenvalue weighted by molar-refractivity contribution is 7.12.